The summed E-state index contributed by atoms with van der Waals surface area (Å²) >= 11 is 0. The van der Waals surface area contributed by atoms with Crippen LogP contribution in [-0.2, 0) is 0 Å². The molecule has 1 aromatic heterocycles. The van der Waals surface area contributed by atoms with E-state index in [2.05, 4.69) is 23.7 Å². The molecule has 15 heavy (non-hydrogen) atoms. The standard InChI is InChI=1S/C12H17FN2/c1-9(2)15(8-10-3-4-10)11-5-6-14-12(13)7-11/h5-7,9-10H,3-4,8H2,1-2H3. The number of hydrogen-bond acceptors (Lipinski definition) is 2. The van der Waals surface area contributed by atoms with Crippen molar-refractivity contribution < 1.29 is 4.39 Å². The second kappa shape index (κ2) is 4.17. The maximum Gasteiger partial charge on any atom is 0.214 e. The highest BCUT2D eigenvalue weighted by Gasteiger charge is 2.25. The lowest BCUT2D eigenvalue weighted by Gasteiger charge is -2.28. The first-order valence-electron chi connectivity index (χ1n) is 5.55. The van der Waals surface area contributed by atoms with Crippen molar-refractivity contribution in [3.8, 4) is 0 Å². The van der Waals surface area contributed by atoms with Crippen LogP contribution in [0.3, 0.4) is 0 Å². The molecule has 0 bridgehead atoms. The zero-order valence-corrected chi connectivity index (χ0v) is 9.28. The Hall–Kier alpha value is -1.12. The number of nitrogens with zero attached hydrogens (tertiary/aromatic N) is 2. The fourth-order valence-corrected chi connectivity index (χ4v) is 1.76. The van der Waals surface area contributed by atoms with Crippen molar-refractivity contribution in [1.82, 2.24) is 4.98 Å². The van der Waals surface area contributed by atoms with Crippen molar-refractivity contribution in [3.63, 3.8) is 0 Å². The molecule has 1 fully saturated rings. The van der Waals surface area contributed by atoms with Gasteiger partial charge in [0.25, 0.3) is 0 Å². The Morgan fingerprint density at radius 1 is 1.53 bits per heavy atom. The van der Waals surface area contributed by atoms with E-state index in [0.29, 0.717) is 6.04 Å². The van der Waals surface area contributed by atoms with Gasteiger partial charge in [-0.3, -0.25) is 0 Å². The van der Waals surface area contributed by atoms with Crippen LogP contribution in [0.4, 0.5) is 10.1 Å². The van der Waals surface area contributed by atoms with Crippen molar-refractivity contribution in [2.75, 3.05) is 11.4 Å². The highest BCUT2D eigenvalue weighted by atomic mass is 19.1. The summed E-state index contributed by atoms with van der Waals surface area (Å²) < 4.78 is 13.0. The van der Waals surface area contributed by atoms with E-state index >= 15 is 0 Å². The maximum atomic E-state index is 13.0. The minimum atomic E-state index is -0.394. The Morgan fingerprint density at radius 2 is 2.27 bits per heavy atom. The highest BCUT2D eigenvalue weighted by Crippen LogP contribution is 2.32. The van der Waals surface area contributed by atoms with Crippen LogP contribution in [0.15, 0.2) is 18.3 Å². The molecule has 82 valence electrons. The van der Waals surface area contributed by atoms with Crippen molar-refractivity contribution in [1.29, 1.82) is 0 Å². The first-order valence-corrected chi connectivity index (χ1v) is 5.55. The predicted octanol–water partition coefficient (Wildman–Crippen LogP) is 2.85. The zero-order valence-electron chi connectivity index (χ0n) is 9.28. The number of aromatic nitrogens is 1. The van der Waals surface area contributed by atoms with E-state index in [1.165, 1.54) is 25.1 Å². The average Bonchev–Trinajstić information content (AvgIpc) is 2.97. The van der Waals surface area contributed by atoms with Gasteiger partial charge >= 0.3 is 0 Å². The van der Waals surface area contributed by atoms with Gasteiger partial charge in [-0.15, -0.1) is 0 Å². The smallest absolute Gasteiger partial charge is 0.214 e. The average molecular weight is 208 g/mol. The molecule has 2 nitrogen and oxygen atoms in total. The van der Waals surface area contributed by atoms with Crippen LogP contribution in [0.2, 0.25) is 0 Å². The Labute approximate surface area is 90.1 Å². The Morgan fingerprint density at radius 3 is 2.80 bits per heavy atom. The van der Waals surface area contributed by atoms with Gasteiger partial charge in [-0.2, -0.15) is 4.39 Å². The number of rotatable bonds is 4. The number of pyridine rings is 1. The van der Waals surface area contributed by atoms with E-state index in [1.807, 2.05) is 6.07 Å². The molecule has 0 aliphatic heterocycles. The molecule has 0 atom stereocenters. The van der Waals surface area contributed by atoms with Crippen molar-refractivity contribution in [2.24, 2.45) is 5.92 Å². The lowest BCUT2D eigenvalue weighted by molar-refractivity contribution is 0.578. The second-order valence-corrected chi connectivity index (χ2v) is 4.53. The molecule has 3 heteroatoms. The van der Waals surface area contributed by atoms with Gasteiger partial charge in [-0.05, 0) is 38.7 Å². The maximum absolute atomic E-state index is 13.0. The highest BCUT2D eigenvalue weighted by molar-refractivity contribution is 5.46. The van der Waals surface area contributed by atoms with Crippen LogP contribution in [0.1, 0.15) is 26.7 Å². The molecule has 1 aromatic rings. The van der Waals surface area contributed by atoms with Crippen molar-refractivity contribution >= 4 is 5.69 Å². The van der Waals surface area contributed by atoms with Crippen LogP contribution in [0.5, 0.6) is 0 Å². The fraction of sp³-hybridized carbons (Fsp3) is 0.583. The summed E-state index contributed by atoms with van der Waals surface area (Å²) in [6.07, 6.45) is 4.17. The van der Waals surface area contributed by atoms with Gasteiger partial charge < -0.3 is 4.90 Å². The SMILES string of the molecule is CC(C)N(CC1CC1)c1ccnc(F)c1. The third-order valence-corrected chi connectivity index (χ3v) is 2.82. The van der Waals surface area contributed by atoms with Gasteiger partial charge in [0, 0.05) is 30.5 Å². The molecule has 0 amide bonds. The molecule has 0 N–H and O–H groups in total. The molecule has 1 heterocycles. The Balaban J connectivity index is 2.15. The molecule has 1 aliphatic carbocycles. The van der Waals surface area contributed by atoms with Gasteiger partial charge in [-0.1, -0.05) is 0 Å². The van der Waals surface area contributed by atoms with Gasteiger partial charge in [0.15, 0.2) is 0 Å². The summed E-state index contributed by atoms with van der Waals surface area (Å²) in [6, 6.07) is 3.81. The van der Waals surface area contributed by atoms with Crippen LogP contribution in [-0.4, -0.2) is 17.6 Å². The first kappa shape index (κ1) is 10.4. The van der Waals surface area contributed by atoms with Crippen LogP contribution >= 0.6 is 0 Å². The monoisotopic (exact) mass is 208 g/mol. The van der Waals surface area contributed by atoms with E-state index in [1.54, 1.807) is 0 Å². The molecular weight excluding hydrogens is 191 g/mol. The van der Waals surface area contributed by atoms with Gasteiger partial charge in [0.05, 0.1) is 0 Å². The molecular formula is C12H17FN2. The van der Waals surface area contributed by atoms with Crippen molar-refractivity contribution in [3.05, 3.63) is 24.3 Å². The molecule has 0 unspecified atom stereocenters. The van der Waals surface area contributed by atoms with E-state index in [0.717, 1.165) is 18.2 Å². The molecule has 0 aromatic carbocycles. The summed E-state index contributed by atoms with van der Waals surface area (Å²) in [6.45, 7) is 5.32. The molecule has 2 rings (SSSR count). The first-order chi connectivity index (χ1) is 7.16. The summed E-state index contributed by atoms with van der Waals surface area (Å²) in [4.78, 5) is 5.84. The third-order valence-electron chi connectivity index (χ3n) is 2.82. The molecule has 0 spiro atoms. The normalized spacial score (nSPS) is 15.7. The summed E-state index contributed by atoms with van der Waals surface area (Å²) in [5, 5.41) is 0. The van der Waals surface area contributed by atoms with Crippen molar-refractivity contribution in [2.45, 2.75) is 32.7 Å². The minimum Gasteiger partial charge on any atom is -0.369 e. The lowest BCUT2D eigenvalue weighted by atomic mass is 10.2. The lowest BCUT2D eigenvalue weighted by Crippen LogP contribution is -2.32. The largest absolute Gasteiger partial charge is 0.369 e. The second-order valence-electron chi connectivity index (χ2n) is 4.53. The molecule has 1 aliphatic rings. The van der Waals surface area contributed by atoms with E-state index < -0.39 is 5.95 Å². The van der Waals surface area contributed by atoms with E-state index in [4.69, 9.17) is 0 Å². The van der Waals surface area contributed by atoms with E-state index in [-0.39, 0.29) is 0 Å². The van der Waals surface area contributed by atoms with Gasteiger partial charge in [-0.25, -0.2) is 4.98 Å². The number of hydrogen-bond donors (Lipinski definition) is 0. The fourth-order valence-electron chi connectivity index (χ4n) is 1.76. The predicted molar refractivity (Wildman–Crippen MR) is 59.4 cm³/mol. The van der Waals surface area contributed by atoms with Crippen LogP contribution in [0.25, 0.3) is 0 Å². The Bertz CT molecular complexity index is 334. The summed E-state index contributed by atoms with van der Waals surface area (Å²) in [5.74, 6) is 0.414. The van der Waals surface area contributed by atoms with E-state index in [9.17, 15) is 4.39 Å². The zero-order chi connectivity index (χ0) is 10.8. The van der Waals surface area contributed by atoms with Gasteiger partial charge in [0.2, 0.25) is 5.95 Å². The molecule has 0 radical (unpaired) electrons. The summed E-state index contributed by atoms with van der Waals surface area (Å²) in [5.41, 5.74) is 0.949. The minimum absolute atomic E-state index is 0.394. The van der Waals surface area contributed by atoms with Gasteiger partial charge in [0.1, 0.15) is 0 Å². The van der Waals surface area contributed by atoms with Crippen LogP contribution in [0, 0.1) is 11.9 Å². The topological polar surface area (TPSA) is 16.1 Å². The molecule has 1 saturated carbocycles. The summed E-state index contributed by atoms with van der Waals surface area (Å²) in [7, 11) is 0. The quantitative estimate of drug-likeness (QED) is 0.707. The Kier molecular flexibility index (Phi) is 2.89. The molecule has 0 saturated heterocycles. The number of halogens is 1. The number of anilines is 1. The van der Waals surface area contributed by atoms with Crippen LogP contribution < -0.4 is 4.90 Å². The third kappa shape index (κ3) is 2.67.